The van der Waals surface area contributed by atoms with Gasteiger partial charge in [0.05, 0.1) is 31.7 Å². The number of pyridine rings is 1. The number of nitrogens with zero attached hydrogens (tertiary/aromatic N) is 2. The van der Waals surface area contributed by atoms with Gasteiger partial charge in [0, 0.05) is 22.2 Å². The Hall–Kier alpha value is -1.93. The molecule has 0 aliphatic rings. The predicted molar refractivity (Wildman–Crippen MR) is 95.9 cm³/mol. The van der Waals surface area contributed by atoms with E-state index in [0.717, 1.165) is 25.4 Å². The molecule has 0 fully saturated rings. The van der Waals surface area contributed by atoms with Gasteiger partial charge >= 0.3 is 11.9 Å². The van der Waals surface area contributed by atoms with Crippen molar-refractivity contribution in [3.8, 4) is 0 Å². The summed E-state index contributed by atoms with van der Waals surface area (Å²) in [4.78, 5) is 33.8. The normalized spacial score (nSPS) is 10.5. The van der Waals surface area contributed by atoms with E-state index in [2.05, 4.69) is 9.97 Å². The van der Waals surface area contributed by atoms with Gasteiger partial charge in [-0.2, -0.15) is 0 Å². The first-order valence-electron chi connectivity index (χ1n) is 7.91. The van der Waals surface area contributed by atoms with Crippen LogP contribution in [0.3, 0.4) is 0 Å². The number of ether oxygens (including phenoxy) is 2. The van der Waals surface area contributed by atoms with Crippen LogP contribution in [-0.2, 0) is 31.9 Å². The van der Waals surface area contributed by atoms with Crippen molar-refractivity contribution >= 4 is 35.0 Å². The highest BCUT2D eigenvalue weighted by Gasteiger charge is 2.16. The molecule has 2 heterocycles. The van der Waals surface area contributed by atoms with Crippen LogP contribution >= 0.6 is 23.1 Å². The maximum Gasteiger partial charge on any atom is 0.311 e. The van der Waals surface area contributed by atoms with Gasteiger partial charge in [-0.15, -0.1) is 11.3 Å². The number of rotatable bonds is 8. The molecule has 2 aromatic rings. The fraction of sp³-hybridized carbons (Fsp3) is 0.412. The molecule has 0 amide bonds. The molecule has 0 bridgehead atoms. The number of carbonyl (C=O) groups is 2. The molecular formula is C17H20N2O4S2. The highest BCUT2D eigenvalue weighted by Crippen LogP contribution is 2.35. The van der Waals surface area contributed by atoms with Crippen molar-refractivity contribution in [1.82, 2.24) is 9.97 Å². The molecule has 6 nitrogen and oxygen atoms in total. The minimum Gasteiger partial charge on any atom is -0.466 e. The quantitative estimate of drug-likeness (QED) is 0.651. The number of aromatic nitrogens is 2. The first-order valence-corrected chi connectivity index (χ1v) is 9.55. The van der Waals surface area contributed by atoms with Crippen LogP contribution in [0.1, 0.15) is 30.0 Å². The average molecular weight is 380 g/mol. The van der Waals surface area contributed by atoms with Crippen LogP contribution in [0.25, 0.3) is 0 Å². The van der Waals surface area contributed by atoms with Crippen LogP contribution in [0, 0.1) is 6.92 Å². The maximum absolute atomic E-state index is 11.7. The molecule has 0 radical (unpaired) electrons. The second kappa shape index (κ2) is 9.53. The number of hydrogen-bond donors (Lipinski definition) is 0. The molecule has 25 heavy (non-hydrogen) atoms. The minimum absolute atomic E-state index is 0.171. The summed E-state index contributed by atoms with van der Waals surface area (Å²) in [7, 11) is 0. The van der Waals surface area contributed by atoms with Crippen molar-refractivity contribution < 1.29 is 19.1 Å². The van der Waals surface area contributed by atoms with E-state index in [1.807, 2.05) is 13.0 Å². The molecule has 0 unspecified atom stereocenters. The van der Waals surface area contributed by atoms with E-state index in [-0.39, 0.29) is 24.8 Å². The Balaban J connectivity index is 2.12. The largest absolute Gasteiger partial charge is 0.466 e. The van der Waals surface area contributed by atoms with Gasteiger partial charge in [0.2, 0.25) is 0 Å². The van der Waals surface area contributed by atoms with E-state index in [1.165, 1.54) is 23.1 Å². The number of thiazole rings is 1. The summed E-state index contributed by atoms with van der Waals surface area (Å²) in [6.45, 7) is 6.16. The smallest absolute Gasteiger partial charge is 0.311 e. The summed E-state index contributed by atoms with van der Waals surface area (Å²) in [5.41, 5.74) is 1.62. The first-order chi connectivity index (χ1) is 12.0. The van der Waals surface area contributed by atoms with Gasteiger partial charge in [-0.3, -0.25) is 14.6 Å². The number of esters is 2. The van der Waals surface area contributed by atoms with Crippen molar-refractivity contribution in [2.75, 3.05) is 13.2 Å². The molecule has 0 aromatic carbocycles. The Morgan fingerprint density at radius 1 is 1.16 bits per heavy atom. The summed E-state index contributed by atoms with van der Waals surface area (Å²) in [6, 6.07) is 1.85. The Bertz CT molecular complexity index is 746. The fourth-order valence-electron chi connectivity index (χ4n) is 2.06. The molecule has 2 rings (SSSR count). The third-order valence-electron chi connectivity index (χ3n) is 3.18. The van der Waals surface area contributed by atoms with E-state index in [4.69, 9.17) is 9.47 Å². The lowest BCUT2D eigenvalue weighted by atomic mass is 10.2. The number of aryl methyl sites for hydroxylation is 1. The standard InChI is InChI=1S/C17H20N2O4S2/c1-4-22-15(20)8-12-10-18-7-6-13(12)24-17-19-11(3)14(25-17)9-16(21)23-5-2/h6-7,10H,4-5,8-9H2,1-3H3. The van der Waals surface area contributed by atoms with Gasteiger partial charge in [-0.1, -0.05) is 11.8 Å². The molecule has 0 N–H and O–H groups in total. The van der Waals surface area contributed by atoms with Gasteiger partial charge in [0.15, 0.2) is 4.34 Å². The molecule has 134 valence electrons. The first kappa shape index (κ1) is 19.4. The number of hydrogen-bond acceptors (Lipinski definition) is 8. The zero-order valence-corrected chi connectivity index (χ0v) is 16.0. The highest BCUT2D eigenvalue weighted by molar-refractivity contribution is 8.01. The second-order valence-electron chi connectivity index (χ2n) is 5.04. The zero-order chi connectivity index (χ0) is 18.2. The summed E-state index contributed by atoms with van der Waals surface area (Å²) in [6.07, 6.45) is 3.74. The van der Waals surface area contributed by atoms with Crippen LogP contribution in [0.15, 0.2) is 27.7 Å². The Morgan fingerprint density at radius 3 is 2.52 bits per heavy atom. The average Bonchev–Trinajstić information content (AvgIpc) is 2.89. The van der Waals surface area contributed by atoms with Gasteiger partial charge in [-0.05, 0) is 32.4 Å². The molecule has 0 saturated heterocycles. The van der Waals surface area contributed by atoms with Gasteiger partial charge < -0.3 is 9.47 Å². The molecule has 8 heteroatoms. The zero-order valence-electron chi connectivity index (χ0n) is 14.4. The van der Waals surface area contributed by atoms with Gasteiger partial charge in [-0.25, -0.2) is 4.98 Å². The molecule has 0 aliphatic carbocycles. The second-order valence-corrected chi connectivity index (χ2v) is 7.41. The lowest BCUT2D eigenvalue weighted by Crippen LogP contribution is -2.08. The molecule has 0 aliphatic heterocycles. The monoisotopic (exact) mass is 380 g/mol. The summed E-state index contributed by atoms with van der Waals surface area (Å²) >= 11 is 2.92. The van der Waals surface area contributed by atoms with Crippen molar-refractivity contribution in [3.63, 3.8) is 0 Å². The third-order valence-corrected chi connectivity index (χ3v) is 5.52. The van der Waals surface area contributed by atoms with E-state index >= 15 is 0 Å². The Labute approximate surface area is 155 Å². The van der Waals surface area contributed by atoms with Crippen molar-refractivity contribution in [1.29, 1.82) is 0 Å². The summed E-state index contributed by atoms with van der Waals surface area (Å²) in [5, 5.41) is 0. The fourth-order valence-corrected chi connectivity index (χ4v) is 4.33. The van der Waals surface area contributed by atoms with E-state index in [0.29, 0.717) is 13.2 Å². The van der Waals surface area contributed by atoms with E-state index in [9.17, 15) is 9.59 Å². The lowest BCUT2D eigenvalue weighted by molar-refractivity contribution is -0.143. The summed E-state index contributed by atoms with van der Waals surface area (Å²) < 4.78 is 10.8. The van der Waals surface area contributed by atoms with Crippen LogP contribution < -0.4 is 0 Å². The third kappa shape index (κ3) is 5.82. The Kier molecular flexibility index (Phi) is 7.39. The highest BCUT2D eigenvalue weighted by atomic mass is 32.2. The van der Waals surface area contributed by atoms with E-state index < -0.39 is 0 Å². The maximum atomic E-state index is 11.7. The van der Waals surface area contributed by atoms with Crippen LogP contribution in [0.4, 0.5) is 0 Å². The lowest BCUT2D eigenvalue weighted by Gasteiger charge is -2.06. The van der Waals surface area contributed by atoms with Crippen LogP contribution in [-0.4, -0.2) is 35.1 Å². The van der Waals surface area contributed by atoms with Crippen LogP contribution in [0.2, 0.25) is 0 Å². The molecule has 2 aromatic heterocycles. The van der Waals surface area contributed by atoms with Gasteiger partial charge in [0.25, 0.3) is 0 Å². The van der Waals surface area contributed by atoms with Crippen molar-refractivity contribution in [2.24, 2.45) is 0 Å². The van der Waals surface area contributed by atoms with E-state index in [1.54, 1.807) is 26.2 Å². The molecule has 0 spiro atoms. The van der Waals surface area contributed by atoms with Crippen molar-refractivity contribution in [3.05, 3.63) is 34.6 Å². The molecule has 0 atom stereocenters. The van der Waals surface area contributed by atoms with Crippen molar-refractivity contribution in [2.45, 2.75) is 42.8 Å². The van der Waals surface area contributed by atoms with Crippen LogP contribution in [0.5, 0.6) is 0 Å². The predicted octanol–water partition coefficient (Wildman–Crippen LogP) is 3.21. The number of carbonyl (C=O) groups excluding carboxylic acids is 2. The molecular weight excluding hydrogens is 360 g/mol. The summed E-state index contributed by atoms with van der Waals surface area (Å²) in [5.74, 6) is -0.534. The topological polar surface area (TPSA) is 78.4 Å². The molecule has 0 saturated carbocycles. The SMILES string of the molecule is CCOC(=O)Cc1cnccc1Sc1nc(C)c(CC(=O)OCC)s1. The Morgan fingerprint density at radius 2 is 1.84 bits per heavy atom. The van der Waals surface area contributed by atoms with Gasteiger partial charge in [0.1, 0.15) is 0 Å². The minimum atomic E-state index is -0.282.